The van der Waals surface area contributed by atoms with Gasteiger partial charge in [-0.25, -0.2) is 0 Å². The van der Waals surface area contributed by atoms with Gasteiger partial charge < -0.3 is 4.90 Å². The molecule has 0 fully saturated rings. The second kappa shape index (κ2) is 9.10. The summed E-state index contributed by atoms with van der Waals surface area (Å²) in [4.78, 5) is 25.9. The van der Waals surface area contributed by atoms with E-state index in [1.54, 1.807) is 17.0 Å². The van der Waals surface area contributed by atoms with Crippen LogP contribution in [0.5, 0.6) is 0 Å². The van der Waals surface area contributed by atoms with Crippen molar-refractivity contribution in [2.45, 2.75) is 13.0 Å². The summed E-state index contributed by atoms with van der Waals surface area (Å²) >= 11 is 1.05. The predicted molar refractivity (Wildman–Crippen MR) is 112 cm³/mol. The Hall–Kier alpha value is -3.25. The van der Waals surface area contributed by atoms with E-state index in [9.17, 15) is 14.9 Å². The second-order valence-electron chi connectivity index (χ2n) is 6.11. The Balaban J connectivity index is 1.90. The van der Waals surface area contributed by atoms with Gasteiger partial charge in [0, 0.05) is 23.6 Å². The highest BCUT2D eigenvalue weighted by Gasteiger charge is 2.24. The van der Waals surface area contributed by atoms with E-state index in [1.807, 2.05) is 67.6 Å². The van der Waals surface area contributed by atoms with Crippen LogP contribution in [-0.4, -0.2) is 22.3 Å². The lowest BCUT2D eigenvalue weighted by atomic mass is 9.97. The normalized spacial score (nSPS) is 11.1. The van der Waals surface area contributed by atoms with Crippen molar-refractivity contribution in [3.05, 3.63) is 105 Å². The van der Waals surface area contributed by atoms with E-state index < -0.39 is 4.92 Å². The molecule has 0 saturated heterocycles. The number of nitro groups is 1. The van der Waals surface area contributed by atoms with Crippen molar-refractivity contribution in [1.82, 2.24) is 4.90 Å². The minimum atomic E-state index is -0.428. The van der Waals surface area contributed by atoms with Gasteiger partial charge in [-0.1, -0.05) is 72.0 Å². The molecule has 3 rings (SSSR count). The van der Waals surface area contributed by atoms with Gasteiger partial charge in [0.05, 0.1) is 11.0 Å². The fourth-order valence-electron chi connectivity index (χ4n) is 3.07. The molecule has 1 heterocycles. The van der Waals surface area contributed by atoms with Crippen molar-refractivity contribution >= 4 is 28.3 Å². The largest absolute Gasteiger partial charge is 0.328 e. The highest BCUT2D eigenvalue weighted by molar-refractivity contribution is 7.16. The van der Waals surface area contributed by atoms with Crippen molar-refractivity contribution in [2.75, 3.05) is 6.54 Å². The summed E-state index contributed by atoms with van der Waals surface area (Å²) in [5.41, 5.74) is 2.06. The van der Waals surface area contributed by atoms with Crippen molar-refractivity contribution in [3.8, 4) is 0 Å². The van der Waals surface area contributed by atoms with E-state index in [2.05, 4.69) is 0 Å². The molecule has 0 atom stereocenters. The second-order valence-corrected chi connectivity index (χ2v) is 7.21. The van der Waals surface area contributed by atoms with Gasteiger partial charge in [0.15, 0.2) is 0 Å². The van der Waals surface area contributed by atoms with E-state index >= 15 is 0 Å². The zero-order valence-corrected chi connectivity index (χ0v) is 16.2. The first kappa shape index (κ1) is 19.5. The minimum absolute atomic E-state index is 0.0610. The number of thiophene rings is 1. The maximum Gasteiger partial charge on any atom is 0.324 e. The summed E-state index contributed by atoms with van der Waals surface area (Å²) in [6.45, 7) is 2.48. The molecule has 0 aliphatic rings. The number of carbonyl (C=O) groups is 1. The monoisotopic (exact) mass is 392 g/mol. The number of likely N-dealkylation sites (N-methyl/N-ethyl adjacent to an activating group) is 1. The van der Waals surface area contributed by atoms with Crippen molar-refractivity contribution in [3.63, 3.8) is 0 Å². The van der Waals surface area contributed by atoms with Crippen LogP contribution < -0.4 is 0 Å². The molecule has 6 heteroatoms. The third-order valence-electron chi connectivity index (χ3n) is 4.35. The molecular weight excluding hydrogens is 372 g/mol. The molecule has 0 bridgehead atoms. The highest BCUT2D eigenvalue weighted by Crippen LogP contribution is 2.29. The molecule has 2 aromatic carbocycles. The zero-order chi connectivity index (χ0) is 19.9. The van der Waals surface area contributed by atoms with Gasteiger partial charge in [-0.15, -0.1) is 0 Å². The van der Waals surface area contributed by atoms with Crippen LogP contribution >= 0.6 is 11.3 Å². The van der Waals surface area contributed by atoms with Gasteiger partial charge in [-0.3, -0.25) is 14.9 Å². The van der Waals surface area contributed by atoms with E-state index in [0.29, 0.717) is 11.4 Å². The zero-order valence-electron chi connectivity index (χ0n) is 15.4. The number of carbonyl (C=O) groups excluding carboxylic acids is 1. The third kappa shape index (κ3) is 4.53. The van der Waals surface area contributed by atoms with Gasteiger partial charge >= 0.3 is 5.00 Å². The van der Waals surface area contributed by atoms with Gasteiger partial charge in [-0.2, -0.15) is 0 Å². The summed E-state index contributed by atoms with van der Waals surface area (Å²) in [5.74, 6) is -0.142. The molecule has 0 aliphatic heterocycles. The SMILES string of the molecule is CCN(C(=O)/C=C/c1ccc([N+](=O)[O-])s1)C(c1ccccc1)c1ccccc1. The summed E-state index contributed by atoms with van der Waals surface area (Å²) < 4.78 is 0. The molecule has 0 aliphatic carbocycles. The third-order valence-corrected chi connectivity index (χ3v) is 5.35. The van der Waals surface area contributed by atoms with Gasteiger partial charge in [0.25, 0.3) is 0 Å². The van der Waals surface area contributed by atoms with E-state index in [1.165, 1.54) is 12.1 Å². The lowest BCUT2D eigenvalue weighted by Crippen LogP contribution is -2.34. The van der Waals surface area contributed by atoms with Gasteiger partial charge in [-0.05, 0) is 30.2 Å². The summed E-state index contributed by atoms with van der Waals surface area (Å²) in [6.07, 6.45) is 3.12. The van der Waals surface area contributed by atoms with Crippen LogP contribution in [0.4, 0.5) is 5.00 Å². The maximum atomic E-state index is 13.0. The number of hydrogen-bond donors (Lipinski definition) is 0. The first-order valence-corrected chi connectivity index (χ1v) is 9.74. The first-order chi connectivity index (χ1) is 13.6. The molecule has 0 saturated carbocycles. The molecule has 5 nitrogen and oxygen atoms in total. The van der Waals surface area contributed by atoms with Crippen LogP contribution in [0.3, 0.4) is 0 Å². The van der Waals surface area contributed by atoms with E-state index in [0.717, 1.165) is 22.5 Å². The number of hydrogen-bond acceptors (Lipinski definition) is 4. The van der Waals surface area contributed by atoms with Crippen molar-refractivity contribution in [1.29, 1.82) is 0 Å². The van der Waals surface area contributed by atoms with Crippen LogP contribution in [-0.2, 0) is 4.79 Å². The summed E-state index contributed by atoms with van der Waals surface area (Å²) in [5, 5.41) is 10.9. The Morgan fingerprint density at radius 3 is 2.07 bits per heavy atom. The topological polar surface area (TPSA) is 63.5 Å². The van der Waals surface area contributed by atoms with E-state index in [-0.39, 0.29) is 17.0 Å². The summed E-state index contributed by atoms with van der Waals surface area (Å²) in [7, 11) is 0. The highest BCUT2D eigenvalue weighted by atomic mass is 32.1. The lowest BCUT2D eigenvalue weighted by molar-refractivity contribution is -0.380. The number of benzene rings is 2. The first-order valence-electron chi connectivity index (χ1n) is 8.93. The smallest absolute Gasteiger partial charge is 0.324 e. The molecule has 3 aromatic rings. The number of rotatable bonds is 7. The Kier molecular flexibility index (Phi) is 6.34. The van der Waals surface area contributed by atoms with Crippen LogP contribution in [0.1, 0.15) is 29.0 Å². The predicted octanol–water partition coefficient (Wildman–Crippen LogP) is 5.31. The molecule has 28 heavy (non-hydrogen) atoms. The summed E-state index contributed by atoms with van der Waals surface area (Å²) in [6, 6.07) is 22.7. The molecule has 0 unspecified atom stereocenters. The van der Waals surface area contributed by atoms with Gasteiger partial charge in [0.1, 0.15) is 0 Å². The fraction of sp³-hybridized carbons (Fsp3) is 0.136. The molecular formula is C22H20N2O3S. The number of amides is 1. The standard InChI is InChI=1S/C22H20N2O3S/c1-2-23(20(25)15-13-19-14-16-21(28-19)24(26)27)22(17-9-5-3-6-10-17)18-11-7-4-8-12-18/h3-16,22H,2H2,1H3/b15-13+. The van der Waals surface area contributed by atoms with Crippen LogP contribution in [0.25, 0.3) is 6.08 Å². The molecule has 0 spiro atoms. The quantitative estimate of drug-likeness (QED) is 0.311. The maximum absolute atomic E-state index is 13.0. The molecule has 142 valence electrons. The van der Waals surface area contributed by atoms with Gasteiger partial charge in [0.2, 0.25) is 5.91 Å². The van der Waals surface area contributed by atoms with E-state index in [4.69, 9.17) is 0 Å². The van der Waals surface area contributed by atoms with Crippen molar-refractivity contribution < 1.29 is 9.72 Å². The average molecular weight is 392 g/mol. The molecule has 0 radical (unpaired) electrons. The van der Waals surface area contributed by atoms with Crippen LogP contribution in [0.15, 0.2) is 78.9 Å². The molecule has 0 N–H and O–H groups in total. The molecule has 1 aromatic heterocycles. The average Bonchev–Trinajstić information content (AvgIpc) is 3.21. The Bertz CT molecular complexity index is 928. The Morgan fingerprint density at radius 1 is 1.04 bits per heavy atom. The Labute approximate surface area is 167 Å². The van der Waals surface area contributed by atoms with Crippen LogP contribution in [0, 0.1) is 10.1 Å². The number of nitrogens with zero attached hydrogens (tertiary/aromatic N) is 2. The molecule has 1 amide bonds. The fourth-order valence-corrected chi connectivity index (χ4v) is 3.79. The van der Waals surface area contributed by atoms with Crippen molar-refractivity contribution in [2.24, 2.45) is 0 Å². The van der Waals surface area contributed by atoms with Crippen LogP contribution in [0.2, 0.25) is 0 Å². The Morgan fingerprint density at radius 2 is 1.61 bits per heavy atom. The minimum Gasteiger partial charge on any atom is -0.328 e. The lowest BCUT2D eigenvalue weighted by Gasteiger charge is -2.31.